The van der Waals surface area contributed by atoms with Crippen LogP contribution in [-0.2, 0) is 0 Å². The number of carbonyl (C=O) groups is 1. The van der Waals surface area contributed by atoms with E-state index in [4.69, 9.17) is 17.3 Å². The van der Waals surface area contributed by atoms with Crippen molar-refractivity contribution in [2.75, 3.05) is 11.9 Å². The van der Waals surface area contributed by atoms with Crippen molar-refractivity contribution in [3.8, 4) is 11.8 Å². The first-order valence-electron chi connectivity index (χ1n) is 6.31. The summed E-state index contributed by atoms with van der Waals surface area (Å²) in [4.78, 5) is 16.2. The highest BCUT2D eigenvalue weighted by Gasteiger charge is 2.08. The van der Waals surface area contributed by atoms with Crippen molar-refractivity contribution in [3.63, 3.8) is 0 Å². The molecule has 5 heteroatoms. The number of rotatable bonds is 2. The molecule has 0 aliphatic heterocycles. The summed E-state index contributed by atoms with van der Waals surface area (Å²) in [5, 5.41) is 3.38. The fourth-order valence-electron chi connectivity index (χ4n) is 1.66. The molecule has 0 atom stereocenters. The maximum absolute atomic E-state index is 12.2. The molecule has 2 rings (SSSR count). The Bertz CT molecular complexity index is 732. The van der Waals surface area contributed by atoms with Gasteiger partial charge in [0.1, 0.15) is 0 Å². The number of nitrogens with one attached hydrogen (secondary N) is 1. The summed E-state index contributed by atoms with van der Waals surface area (Å²) >= 11 is 6.03. The largest absolute Gasteiger partial charge is 0.322 e. The van der Waals surface area contributed by atoms with E-state index in [9.17, 15) is 4.79 Å². The Morgan fingerprint density at radius 3 is 2.90 bits per heavy atom. The van der Waals surface area contributed by atoms with Crippen LogP contribution in [0.15, 0.2) is 36.7 Å². The number of pyridine rings is 1. The Morgan fingerprint density at radius 1 is 1.38 bits per heavy atom. The van der Waals surface area contributed by atoms with Crippen LogP contribution < -0.4 is 11.1 Å². The van der Waals surface area contributed by atoms with Gasteiger partial charge in [0, 0.05) is 28.7 Å². The van der Waals surface area contributed by atoms with Gasteiger partial charge in [-0.2, -0.15) is 0 Å². The van der Waals surface area contributed by atoms with Crippen molar-refractivity contribution >= 4 is 23.2 Å². The van der Waals surface area contributed by atoms with Gasteiger partial charge in [0.15, 0.2) is 0 Å². The predicted molar refractivity (Wildman–Crippen MR) is 84.3 cm³/mol. The molecule has 0 fully saturated rings. The molecule has 0 saturated carbocycles. The Labute approximate surface area is 128 Å². The van der Waals surface area contributed by atoms with E-state index in [0.717, 1.165) is 5.56 Å². The molecule has 0 aliphatic carbocycles. The molecule has 0 aliphatic rings. The first kappa shape index (κ1) is 15.0. The number of amides is 1. The summed E-state index contributed by atoms with van der Waals surface area (Å²) in [5.41, 5.74) is 7.98. The van der Waals surface area contributed by atoms with Crippen molar-refractivity contribution in [2.24, 2.45) is 5.73 Å². The van der Waals surface area contributed by atoms with Gasteiger partial charge in [0.2, 0.25) is 0 Å². The van der Waals surface area contributed by atoms with E-state index >= 15 is 0 Å². The molecule has 4 nitrogen and oxygen atoms in total. The molecule has 1 aromatic carbocycles. The SMILES string of the molecule is Cc1ccc(NC(=O)c2cncc(C#CCN)c2)cc1Cl. The van der Waals surface area contributed by atoms with Gasteiger partial charge in [-0.3, -0.25) is 9.78 Å². The third-order valence-electron chi connectivity index (χ3n) is 2.76. The maximum Gasteiger partial charge on any atom is 0.257 e. The number of anilines is 1. The highest BCUT2D eigenvalue weighted by atomic mass is 35.5. The lowest BCUT2D eigenvalue weighted by Crippen LogP contribution is -2.12. The van der Waals surface area contributed by atoms with Gasteiger partial charge in [-0.15, -0.1) is 0 Å². The number of nitrogens with two attached hydrogens (primary N) is 1. The quantitative estimate of drug-likeness (QED) is 0.838. The lowest BCUT2D eigenvalue weighted by molar-refractivity contribution is 0.102. The van der Waals surface area contributed by atoms with Crippen molar-refractivity contribution in [1.29, 1.82) is 0 Å². The summed E-state index contributed by atoms with van der Waals surface area (Å²) in [6, 6.07) is 7.02. The van der Waals surface area contributed by atoms with E-state index in [1.807, 2.05) is 13.0 Å². The molecule has 3 N–H and O–H groups in total. The Morgan fingerprint density at radius 2 is 2.19 bits per heavy atom. The maximum atomic E-state index is 12.2. The standard InChI is InChI=1S/C16H14ClN3O/c1-11-4-5-14(8-15(11)17)20-16(21)13-7-12(3-2-6-18)9-19-10-13/h4-5,7-10H,6,18H2,1H3,(H,20,21). The fraction of sp³-hybridized carbons (Fsp3) is 0.125. The average molecular weight is 300 g/mol. The van der Waals surface area contributed by atoms with Crippen molar-refractivity contribution in [2.45, 2.75) is 6.92 Å². The van der Waals surface area contributed by atoms with Crippen LogP contribution in [0.5, 0.6) is 0 Å². The van der Waals surface area contributed by atoms with E-state index in [-0.39, 0.29) is 12.5 Å². The minimum Gasteiger partial charge on any atom is -0.322 e. The lowest BCUT2D eigenvalue weighted by atomic mass is 10.2. The van der Waals surface area contributed by atoms with E-state index in [1.165, 1.54) is 6.20 Å². The average Bonchev–Trinajstić information content (AvgIpc) is 2.49. The van der Waals surface area contributed by atoms with Gasteiger partial charge >= 0.3 is 0 Å². The highest BCUT2D eigenvalue weighted by molar-refractivity contribution is 6.31. The topological polar surface area (TPSA) is 68.0 Å². The van der Waals surface area contributed by atoms with Crippen molar-refractivity contribution in [3.05, 3.63) is 58.4 Å². The van der Waals surface area contributed by atoms with Crippen LogP contribution in [0.3, 0.4) is 0 Å². The number of benzene rings is 1. The Kier molecular flexibility index (Phi) is 4.94. The zero-order valence-corrected chi connectivity index (χ0v) is 12.2. The molecule has 0 radical (unpaired) electrons. The number of aryl methyl sites for hydroxylation is 1. The second-order valence-electron chi connectivity index (χ2n) is 4.39. The molecule has 0 bridgehead atoms. The van der Waals surface area contributed by atoms with Gasteiger partial charge in [0.05, 0.1) is 12.1 Å². The van der Waals surface area contributed by atoms with Gasteiger partial charge in [-0.25, -0.2) is 0 Å². The van der Waals surface area contributed by atoms with Crippen molar-refractivity contribution in [1.82, 2.24) is 4.98 Å². The van der Waals surface area contributed by atoms with Crippen LogP contribution in [0, 0.1) is 18.8 Å². The number of hydrogen-bond donors (Lipinski definition) is 2. The second kappa shape index (κ2) is 6.89. The molecule has 0 unspecified atom stereocenters. The minimum absolute atomic E-state index is 0.262. The summed E-state index contributed by atoms with van der Waals surface area (Å²) < 4.78 is 0. The third-order valence-corrected chi connectivity index (χ3v) is 3.17. The zero-order chi connectivity index (χ0) is 15.2. The smallest absolute Gasteiger partial charge is 0.257 e. The van der Waals surface area contributed by atoms with Gasteiger partial charge in [0.25, 0.3) is 5.91 Å². The van der Waals surface area contributed by atoms with E-state index in [0.29, 0.717) is 21.8 Å². The van der Waals surface area contributed by atoms with Crippen LogP contribution in [-0.4, -0.2) is 17.4 Å². The lowest BCUT2D eigenvalue weighted by Gasteiger charge is -2.07. The normalized spacial score (nSPS) is 9.67. The van der Waals surface area contributed by atoms with Gasteiger partial charge in [-0.1, -0.05) is 29.5 Å². The van der Waals surface area contributed by atoms with Gasteiger partial charge < -0.3 is 11.1 Å². The number of carbonyl (C=O) groups excluding carboxylic acids is 1. The number of hydrogen-bond acceptors (Lipinski definition) is 3. The van der Waals surface area contributed by atoms with Crippen LogP contribution in [0.2, 0.25) is 5.02 Å². The molecule has 1 amide bonds. The summed E-state index contributed by atoms with van der Waals surface area (Å²) in [5.74, 6) is 5.30. The zero-order valence-electron chi connectivity index (χ0n) is 11.5. The first-order chi connectivity index (χ1) is 10.1. The van der Waals surface area contributed by atoms with E-state index in [2.05, 4.69) is 22.1 Å². The molecular formula is C16H14ClN3O. The highest BCUT2D eigenvalue weighted by Crippen LogP contribution is 2.20. The van der Waals surface area contributed by atoms with Crippen LogP contribution in [0.1, 0.15) is 21.5 Å². The summed E-state index contributed by atoms with van der Waals surface area (Å²) in [6.45, 7) is 2.16. The first-order valence-corrected chi connectivity index (χ1v) is 6.69. The second-order valence-corrected chi connectivity index (χ2v) is 4.79. The number of aromatic nitrogens is 1. The molecule has 0 saturated heterocycles. The van der Waals surface area contributed by atoms with E-state index < -0.39 is 0 Å². The minimum atomic E-state index is -0.265. The van der Waals surface area contributed by atoms with E-state index in [1.54, 1.807) is 24.4 Å². The van der Waals surface area contributed by atoms with Gasteiger partial charge in [-0.05, 0) is 30.7 Å². The van der Waals surface area contributed by atoms with Crippen LogP contribution >= 0.6 is 11.6 Å². The predicted octanol–water partition coefficient (Wildman–Crippen LogP) is 2.61. The van der Waals surface area contributed by atoms with Crippen LogP contribution in [0.4, 0.5) is 5.69 Å². The number of nitrogens with zero attached hydrogens (tertiary/aromatic N) is 1. The molecule has 1 aromatic heterocycles. The molecule has 0 spiro atoms. The molecule has 1 heterocycles. The third kappa shape index (κ3) is 4.06. The van der Waals surface area contributed by atoms with Crippen LogP contribution in [0.25, 0.3) is 0 Å². The summed E-state index contributed by atoms with van der Waals surface area (Å²) in [6.07, 6.45) is 3.07. The Balaban J connectivity index is 2.18. The molecule has 21 heavy (non-hydrogen) atoms. The molecular weight excluding hydrogens is 286 g/mol. The molecule has 106 valence electrons. The van der Waals surface area contributed by atoms with Crippen molar-refractivity contribution < 1.29 is 4.79 Å². The Hall–Kier alpha value is -2.35. The number of halogens is 1. The summed E-state index contributed by atoms with van der Waals surface area (Å²) in [7, 11) is 0. The fourth-order valence-corrected chi connectivity index (χ4v) is 1.84. The molecule has 2 aromatic rings. The monoisotopic (exact) mass is 299 g/mol.